The van der Waals surface area contributed by atoms with Crippen molar-refractivity contribution < 1.29 is 4.39 Å². The van der Waals surface area contributed by atoms with Crippen LogP contribution in [0, 0.1) is 5.82 Å². The van der Waals surface area contributed by atoms with E-state index in [2.05, 4.69) is 19.9 Å². The van der Waals surface area contributed by atoms with E-state index < -0.39 is 0 Å². The number of benzene rings is 1. The van der Waals surface area contributed by atoms with E-state index in [0.29, 0.717) is 17.8 Å². The zero-order chi connectivity index (χ0) is 14.7. The third kappa shape index (κ3) is 3.35. The van der Waals surface area contributed by atoms with Gasteiger partial charge in [-0.15, -0.1) is 11.3 Å². The van der Waals surface area contributed by atoms with Gasteiger partial charge in [0.1, 0.15) is 10.8 Å². The maximum absolute atomic E-state index is 14.3. The molecular weight excluding hydrogens is 291 g/mol. The van der Waals surface area contributed by atoms with Crippen LogP contribution in [0.3, 0.4) is 0 Å². The first kappa shape index (κ1) is 14.9. The Morgan fingerprint density at radius 1 is 1.40 bits per heavy atom. The van der Waals surface area contributed by atoms with Crippen molar-refractivity contribution in [3.63, 3.8) is 0 Å². The van der Waals surface area contributed by atoms with Crippen LogP contribution in [0.5, 0.6) is 0 Å². The standard InChI is InChI=1S/C15H17FN2S2/c1-10(2)18(9-12-4-3-7-20-12)14-6-5-11(15(17)19)8-13(14)16/h3-8,10H,9H2,1-2H3,(H2,17,19). The molecule has 0 spiro atoms. The quantitative estimate of drug-likeness (QED) is 0.848. The molecule has 5 heteroatoms. The summed E-state index contributed by atoms with van der Waals surface area (Å²) in [5.74, 6) is -0.291. The SMILES string of the molecule is CC(C)N(Cc1cccs1)c1ccc(C(N)=S)cc1F. The van der Waals surface area contributed by atoms with Crippen molar-refractivity contribution >= 4 is 34.2 Å². The van der Waals surface area contributed by atoms with E-state index in [4.69, 9.17) is 18.0 Å². The van der Waals surface area contributed by atoms with Gasteiger partial charge in [-0.25, -0.2) is 4.39 Å². The molecular formula is C15H17FN2S2. The Morgan fingerprint density at radius 3 is 2.65 bits per heavy atom. The number of anilines is 1. The van der Waals surface area contributed by atoms with Crippen molar-refractivity contribution in [3.8, 4) is 0 Å². The molecule has 2 nitrogen and oxygen atoms in total. The second-order valence-electron chi connectivity index (χ2n) is 4.83. The molecule has 1 aromatic carbocycles. The summed E-state index contributed by atoms with van der Waals surface area (Å²) in [6, 6.07) is 9.18. The van der Waals surface area contributed by atoms with Gasteiger partial charge in [-0.2, -0.15) is 0 Å². The highest BCUT2D eigenvalue weighted by molar-refractivity contribution is 7.80. The number of halogens is 1. The van der Waals surface area contributed by atoms with Crippen LogP contribution in [0.2, 0.25) is 0 Å². The Balaban J connectivity index is 2.32. The lowest BCUT2D eigenvalue weighted by Gasteiger charge is -2.29. The van der Waals surface area contributed by atoms with Crippen LogP contribution in [0.25, 0.3) is 0 Å². The van der Waals surface area contributed by atoms with Crippen LogP contribution < -0.4 is 10.6 Å². The minimum absolute atomic E-state index is 0.197. The molecule has 0 aliphatic rings. The van der Waals surface area contributed by atoms with Crippen LogP contribution in [-0.2, 0) is 6.54 Å². The molecule has 106 valence electrons. The smallest absolute Gasteiger partial charge is 0.147 e. The van der Waals surface area contributed by atoms with Crippen molar-refractivity contribution in [1.82, 2.24) is 0 Å². The highest BCUT2D eigenvalue weighted by atomic mass is 32.1. The molecule has 0 unspecified atom stereocenters. The zero-order valence-electron chi connectivity index (χ0n) is 11.5. The lowest BCUT2D eigenvalue weighted by atomic mass is 10.1. The Labute approximate surface area is 128 Å². The Kier molecular flexibility index (Phi) is 4.73. The van der Waals surface area contributed by atoms with Crippen molar-refractivity contribution in [2.24, 2.45) is 5.73 Å². The van der Waals surface area contributed by atoms with Gasteiger partial charge in [0.05, 0.1) is 12.2 Å². The predicted molar refractivity (Wildman–Crippen MR) is 87.9 cm³/mol. The lowest BCUT2D eigenvalue weighted by Crippen LogP contribution is -2.30. The maximum atomic E-state index is 14.3. The average molecular weight is 308 g/mol. The number of thiocarbonyl (C=S) groups is 1. The number of nitrogens with two attached hydrogens (primary N) is 1. The van der Waals surface area contributed by atoms with Crippen LogP contribution in [0.15, 0.2) is 35.7 Å². The molecule has 0 aliphatic carbocycles. The molecule has 0 amide bonds. The summed E-state index contributed by atoms with van der Waals surface area (Å²) in [5, 5.41) is 2.03. The van der Waals surface area contributed by atoms with Crippen molar-refractivity contribution in [2.45, 2.75) is 26.4 Å². The van der Waals surface area contributed by atoms with Crippen LogP contribution >= 0.6 is 23.6 Å². The molecule has 0 saturated heterocycles. The van der Waals surface area contributed by atoms with Gasteiger partial charge in [-0.1, -0.05) is 18.3 Å². The summed E-state index contributed by atoms with van der Waals surface area (Å²) in [5.41, 5.74) is 6.66. The predicted octanol–water partition coefficient (Wildman–Crippen LogP) is 3.94. The fourth-order valence-electron chi connectivity index (χ4n) is 2.01. The first-order chi connectivity index (χ1) is 9.49. The molecule has 2 aromatic rings. The Morgan fingerprint density at radius 2 is 2.15 bits per heavy atom. The monoisotopic (exact) mass is 308 g/mol. The van der Waals surface area contributed by atoms with Gasteiger partial charge in [-0.05, 0) is 43.5 Å². The molecule has 2 N–H and O–H groups in total. The molecule has 0 saturated carbocycles. The van der Waals surface area contributed by atoms with Gasteiger partial charge >= 0.3 is 0 Å². The van der Waals surface area contributed by atoms with E-state index in [0.717, 1.165) is 0 Å². The van der Waals surface area contributed by atoms with Crippen molar-refractivity contribution in [1.29, 1.82) is 0 Å². The van der Waals surface area contributed by atoms with Gasteiger partial charge in [0, 0.05) is 16.5 Å². The highest BCUT2D eigenvalue weighted by Crippen LogP contribution is 2.25. The molecule has 0 aliphatic heterocycles. The molecule has 1 aromatic heterocycles. The third-order valence-electron chi connectivity index (χ3n) is 3.07. The topological polar surface area (TPSA) is 29.3 Å². The van der Waals surface area contributed by atoms with E-state index >= 15 is 0 Å². The average Bonchev–Trinajstić information content (AvgIpc) is 2.89. The van der Waals surface area contributed by atoms with E-state index in [1.54, 1.807) is 23.5 Å². The first-order valence-corrected chi connectivity index (χ1v) is 7.66. The first-order valence-electron chi connectivity index (χ1n) is 6.37. The van der Waals surface area contributed by atoms with Gasteiger partial charge in [0.25, 0.3) is 0 Å². The van der Waals surface area contributed by atoms with Gasteiger partial charge in [0.2, 0.25) is 0 Å². The molecule has 0 bridgehead atoms. The van der Waals surface area contributed by atoms with E-state index in [-0.39, 0.29) is 16.8 Å². The second-order valence-corrected chi connectivity index (χ2v) is 6.30. The van der Waals surface area contributed by atoms with E-state index in [9.17, 15) is 4.39 Å². The van der Waals surface area contributed by atoms with Gasteiger partial charge in [-0.3, -0.25) is 0 Å². The van der Waals surface area contributed by atoms with Crippen LogP contribution in [0.4, 0.5) is 10.1 Å². The van der Waals surface area contributed by atoms with Crippen LogP contribution in [-0.4, -0.2) is 11.0 Å². The number of thiophene rings is 1. The Bertz CT molecular complexity index is 594. The summed E-state index contributed by atoms with van der Waals surface area (Å²) in [7, 11) is 0. The Hall–Kier alpha value is -1.46. The summed E-state index contributed by atoms with van der Waals surface area (Å²) >= 11 is 6.55. The van der Waals surface area contributed by atoms with Crippen LogP contribution in [0.1, 0.15) is 24.3 Å². The summed E-state index contributed by atoms with van der Waals surface area (Å²) in [6.07, 6.45) is 0. The fourth-order valence-corrected chi connectivity index (χ4v) is 2.84. The second kappa shape index (κ2) is 6.33. The number of hydrogen-bond acceptors (Lipinski definition) is 3. The van der Waals surface area contributed by atoms with E-state index in [1.165, 1.54) is 10.9 Å². The minimum atomic E-state index is -0.291. The van der Waals surface area contributed by atoms with Crippen molar-refractivity contribution in [3.05, 3.63) is 52.0 Å². The largest absolute Gasteiger partial charge is 0.389 e. The third-order valence-corrected chi connectivity index (χ3v) is 4.17. The molecule has 0 fully saturated rings. The summed E-state index contributed by atoms with van der Waals surface area (Å²) in [6.45, 7) is 4.79. The highest BCUT2D eigenvalue weighted by Gasteiger charge is 2.16. The number of hydrogen-bond donors (Lipinski definition) is 1. The zero-order valence-corrected chi connectivity index (χ0v) is 13.1. The molecule has 2 rings (SSSR count). The van der Waals surface area contributed by atoms with E-state index in [1.807, 2.05) is 16.3 Å². The number of nitrogens with zero attached hydrogens (tertiary/aromatic N) is 1. The molecule has 0 radical (unpaired) electrons. The fraction of sp³-hybridized carbons (Fsp3) is 0.267. The molecule has 0 atom stereocenters. The normalized spacial score (nSPS) is 10.8. The van der Waals surface area contributed by atoms with Gasteiger partial charge in [0.15, 0.2) is 0 Å². The van der Waals surface area contributed by atoms with Gasteiger partial charge < -0.3 is 10.6 Å². The molecule has 20 heavy (non-hydrogen) atoms. The number of rotatable bonds is 5. The maximum Gasteiger partial charge on any atom is 0.147 e. The minimum Gasteiger partial charge on any atom is -0.389 e. The summed E-state index contributed by atoms with van der Waals surface area (Å²) in [4.78, 5) is 3.45. The summed E-state index contributed by atoms with van der Waals surface area (Å²) < 4.78 is 14.3. The molecule has 1 heterocycles. The lowest BCUT2D eigenvalue weighted by molar-refractivity contribution is 0.599. The van der Waals surface area contributed by atoms with Crippen molar-refractivity contribution in [2.75, 3.05) is 4.90 Å².